The van der Waals surface area contributed by atoms with Crippen LogP contribution >= 0.6 is 11.6 Å². The maximum absolute atomic E-state index is 9.09. The summed E-state index contributed by atoms with van der Waals surface area (Å²) in [5.74, 6) is 0.803. The zero-order valence-electron chi connectivity index (χ0n) is 8.96. The number of ether oxygens (including phenoxy) is 1. The number of aliphatic hydroxyl groups is 1. The van der Waals surface area contributed by atoms with E-state index in [1.807, 2.05) is 12.1 Å². The molecule has 1 atom stereocenters. The van der Waals surface area contributed by atoms with Crippen LogP contribution in [0.25, 0.3) is 0 Å². The lowest BCUT2D eigenvalue weighted by Crippen LogP contribution is -2.24. The zero-order chi connectivity index (χ0) is 11.3. The lowest BCUT2D eigenvalue weighted by atomic mass is 10.2. The van der Waals surface area contributed by atoms with Crippen LogP contribution in [-0.4, -0.2) is 24.9 Å². The summed E-state index contributed by atoms with van der Waals surface area (Å²) in [5.41, 5.74) is 0.991. The fourth-order valence-electron chi connectivity index (χ4n) is 1.30. The largest absolute Gasteiger partial charge is 0.496 e. The van der Waals surface area contributed by atoms with E-state index >= 15 is 0 Å². The van der Waals surface area contributed by atoms with Crippen LogP contribution < -0.4 is 10.1 Å². The van der Waals surface area contributed by atoms with E-state index in [2.05, 4.69) is 5.32 Å². The summed E-state index contributed by atoms with van der Waals surface area (Å²) in [4.78, 5) is 0. The molecule has 0 bridgehead atoms. The molecule has 2 N–H and O–H groups in total. The van der Waals surface area contributed by atoms with Gasteiger partial charge in [0.25, 0.3) is 0 Å². The first-order valence-electron chi connectivity index (χ1n) is 4.84. The minimum Gasteiger partial charge on any atom is -0.496 e. The lowest BCUT2D eigenvalue weighted by molar-refractivity contribution is 0.191. The molecule has 0 aliphatic heterocycles. The SMILES string of the molecule is COc1ccc(Cl)cc1CNC[C@H](C)O. The first-order valence-corrected chi connectivity index (χ1v) is 5.22. The third-order valence-corrected chi connectivity index (χ3v) is 2.23. The first kappa shape index (κ1) is 12.3. The highest BCUT2D eigenvalue weighted by atomic mass is 35.5. The van der Waals surface area contributed by atoms with Gasteiger partial charge in [0.15, 0.2) is 0 Å². The van der Waals surface area contributed by atoms with Crippen molar-refractivity contribution in [3.05, 3.63) is 28.8 Å². The van der Waals surface area contributed by atoms with Gasteiger partial charge in [0, 0.05) is 23.7 Å². The molecule has 4 heteroatoms. The average molecular weight is 230 g/mol. The Hall–Kier alpha value is -0.770. The Kier molecular flexibility index (Phi) is 4.88. The highest BCUT2D eigenvalue weighted by molar-refractivity contribution is 6.30. The van der Waals surface area contributed by atoms with Crippen molar-refractivity contribution in [2.75, 3.05) is 13.7 Å². The second kappa shape index (κ2) is 5.95. The van der Waals surface area contributed by atoms with Gasteiger partial charge in [-0.25, -0.2) is 0 Å². The van der Waals surface area contributed by atoms with Crippen molar-refractivity contribution >= 4 is 11.6 Å². The van der Waals surface area contributed by atoms with E-state index in [-0.39, 0.29) is 6.10 Å². The normalized spacial score (nSPS) is 12.5. The van der Waals surface area contributed by atoms with Crippen LogP contribution in [0.3, 0.4) is 0 Å². The number of nitrogens with one attached hydrogen (secondary N) is 1. The molecule has 0 radical (unpaired) electrons. The number of methoxy groups -OCH3 is 1. The van der Waals surface area contributed by atoms with Gasteiger partial charge in [-0.15, -0.1) is 0 Å². The van der Waals surface area contributed by atoms with Crippen molar-refractivity contribution in [3.8, 4) is 5.75 Å². The second-order valence-corrected chi connectivity index (χ2v) is 3.87. The van der Waals surface area contributed by atoms with Gasteiger partial charge < -0.3 is 15.2 Å². The Bertz CT molecular complexity index is 315. The molecule has 0 aliphatic rings. The minimum absolute atomic E-state index is 0.352. The molecule has 0 saturated heterocycles. The van der Waals surface area contributed by atoms with Crippen molar-refractivity contribution in [2.24, 2.45) is 0 Å². The van der Waals surface area contributed by atoms with Crippen molar-refractivity contribution in [1.29, 1.82) is 0 Å². The number of aliphatic hydroxyl groups excluding tert-OH is 1. The topological polar surface area (TPSA) is 41.5 Å². The van der Waals surface area contributed by atoms with Gasteiger partial charge in [0.2, 0.25) is 0 Å². The lowest BCUT2D eigenvalue weighted by Gasteiger charge is -2.11. The molecule has 0 spiro atoms. The fourth-order valence-corrected chi connectivity index (χ4v) is 1.50. The average Bonchev–Trinajstić information content (AvgIpc) is 2.17. The van der Waals surface area contributed by atoms with E-state index in [0.29, 0.717) is 18.1 Å². The van der Waals surface area contributed by atoms with E-state index in [4.69, 9.17) is 21.4 Å². The van der Waals surface area contributed by atoms with Crippen molar-refractivity contribution < 1.29 is 9.84 Å². The van der Waals surface area contributed by atoms with Gasteiger partial charge in [0.05, 0.1) is 13.2 Å². The number of hydrogen-bond acceptors (Lipinski definition) is 3. The Morgan fingerprint density at radius 1 is 1.53 bits per heavy atom. The Morgan fingerprint density at radius 2 is 2.27 bits per heavy atom. The quantitative estimate of drug-likeness (QED) is 0.810. The molecule has 0 aromatic heterocycles. The van der Waals surface area contributed by atoms with Crippen LogP contribution in [0.15, 0.2) is 18.2 Å². The summed E-state index contributed by atoms with van der Waals surface area (Å²) < 4.78 is 5.20. The van der Waals surface area contributed by atoms with E-state index in [1.165, 1.54) is 0 Å². The molecule has 1 rings (SSSR count). The minimum atomic E-state index is -0.352. The Labute approximate surface area is 95.0 Å². The van der Waals surface area contributed by atoms with E-state index in [1.54, 1.807) is 20.1 Å². The molecule has 15 heavy (non-hydrogen) atoms. The number of halogens is 1. The van der Waals surface area contributed by atoms with Gasteiger partial charge in [-0.2, -0.15) is 0 Å². The van der Waals surface area contributed by atoms with Crippen molar-refractivity contribution in [2.45, 2.75) is 19.6 Å². The Morgan fingerprint density at radius 3 is 2.87 bits per heavy atom. The standard InChI is InChI=1S/C11H16ClNO2/c1-8(14)6-13-7-9-5-10(12)3-4-11(9)15-2/h3-5,8,13-14H,6-7H2,1-2H3/t8-/m0/s1. The first-order chi connectivity index (χ1) is 7.13. The zero-order valence-corrected chi connectivity index (χ0v) is 9.71. The van der Waals surface area contributed by atoms with Gasteiger partial charge >= 0.3 is 0 Å². The number of benzene rings is 1. The maximum Gasteiger partial charge on any atom is 0.123 e. The summed E-state index contributed by atoms with van der Waals surface area (Å²) in [6.07, 6.45) is -0.352. The Balaban J connectivity index is 2.62. The molecule has 1 aromatic rings. The molecule has 1 aromatic carbocycles. The summed E-state index contributed by atoms with van der Waals surface area (Å²) in [6.45, 7) is 2.92. The summed E-state index contributed by atoms with van der Waals surface area (Å²) in [6, 6.07) is 5.48. The predicted molar refractivity (Wildman–Crippen MR) is 61.4 cm³/mol. The molecular formula is C11H16ClNO2. The maximum atomic E-state index is 9.09. The third-order valence-electron chi connectivity index (χ3n) is 2.00. The molecule has 84 valence electrons. The van der Waals surface area contributed by atoms with Crippen LogP contribution in [0, 0.1) is 0 Å². The number of rotatable bonds is 5. The van der Waals surface area contributed by atoms with Gasteiger partial charge in [-0.1, -0.05) is 11.6 Å². The highest BCUT2D eigenvalue weighted by Gasteiger charge is 2.03. The van der Waals surface area contributed by atoms with Crippen molar-refractivity contribution in [1.82, 2.24) is 5.32 Å². The van der Waals surface area contributed by atoms with Gasteiger partial charge in [-0.3, -0.25) is 0 Å². The van der Waals surface area contributed by atoms with Crippen LogP contribution in [-0.2, 0) is 6.54 Å². The monoisotopic (exact) mass is 229 g/mol. The van der Waals surface area contributed by atoms with Crippen LogP contribution in [0.2, 0.25) is 5.02 Å². The van der Waals surface area contributed by atoms with E-state index < -0.39 is 0 Å². The van der Waals surface area contributed by atoms with Gasteiger partial charge in [0.1, 0.15) is 5.75 Å². The van der Waals surface area contributed by atoms with Crippen LogP contribution in [0.1, 0.15) is 12.5 Å². The summed E-state index contributed by atoms with van der Waals surface area (Å²) in [5, 5.41) is 12.9. The smallest absolute Gasteiger partial charge is 0.123 e. The molecular weight excluding hydrogens is 214 g/mol. The van der Waals surface area contributed by atoms with Crippen molar-refractivity contribution in [3.63, 3.8) is 0 Å². The molecule has 0 amide bonds. The second-order valence-electron chi connectivity index (χ2n) is 3.44. The number of hydrogen-bond donors (Lipinski definition) is 2. The van der Waals surface area contributed by atoms with Crippen LogP contribution in [0.4, 0.5) is 0 Å². The summed E-state index contributed by atoms with van der Waals surface area (Å²) in [7, 11) is 1.63. The third kappa shape index (κ3) is 4.08. The molecule has 0 unspecified atom stereocenters. The van der Waals surface area contributed by atoms with Crippen LogP contribution in [0.5, 0.6) is 5.75 Å². The molecule has 0 fully saturated rings. The molecule has 0 saturated carbocycles. The van der Waals surface area contributed by atoms with E-state index in [0.717, 1.165) is 11.3 Å². The van der Waals surface area contributed by atoms with Gasteiger partial charge in [-0.05, 0) is 25.1 Å². The molecule has 3 nitrogen and oxygen atoms in total. The predicted octanol–water partition coefficient (Wildman–Crippen LogP) is 1.82. The van der Waals surface area contributed by atoms with E-state index in [9.17, 15) is 0 Å². The fraction of sp³-hybridized carbons (Fsp3) is 0.455. The molecule has 0 heterocycles. The summed E-state index contributed by atoms with van der Waals surface area (Å²) >= 11 is 5.88. The highest BCUT2D eigenvalue weighted by Crippen LogP contribution is 2.22. The molecule has 0 aliphatic carbocycles.